The first-order chi connectivity index (χ1) is 8.06. The maximum Gasteiger partial charge on any atom is 0.257 e. The van der Waals surface area contributed by atoms with Gasteiger partial charge in [0.25, 0.3) is 5.91 Å². The molecule has 0 aromatic heterocycles. The normalized spacial score (nSPS) is 17.6. The van der Waals surface area contributed by atoms with E-state index in [-0.39, 0.29) is 17.2 Å². The van der Waals surface area contributed by atoms with Crippen molar-refractivity contribution in [2.24, 2.45) is 5.73 Å². The molecule has 0 bridgehead atoms. The van der Waals surface area contributed by atoms with E-state index in [1.54, 1.807) is 23.1 Å². The molecule has 0 atom stereocenters. The van der Waals surface area contributed by atoms with Gasteiger partial charge in [0, 0.05) is 13.1 Å². The van der Waals surface area contributed by atoms with Gasteiger partial charge in [0.1, 0.15) is 5.75 Å². The number of aromatic hydroxyl groups is 1. The molecule has 4 heteroatoms. The molecule has 0 saturated carbocycles. The summed E-state index contributed by atoms with van der Waals surface area (Å²) in [5, 5.41) is 9.60. The van der Waals surface area contributed by atoms with E-state index in [2.05, 4.69) is 6.92 Å². The highest BCUT2D eigenvalue weighted by atomic mass is 16.3. The summed E-state index contributed by atoms with van der Waals surface area (Å²) in [6.07, 6.45) is 1.95. The molecule has 3 N–H and O–H groups in total. The van der Waals surface area contributed by atoms with Gasteiger partial charge >= 0.3 is 0 Å². The smallest absolute Gasteiger partial charge is 0.257 e. The van der Waals surface area contributed by atoms with Gasteiger partial charge in [-0.2, -0.15) is 0 Å². The first-order valence-corrected chi connectivity index (χ1v) is 5.92. The van der Waals surface area contributed by atoms with Crippen molar-refractivity contribution in [3.63, 3.8) is 0 Å². The van der Waals surface area contributed by atoms with Crippen molar-refractivity contribution in [2.45, 2.75) is 25.3 Å². The first-order valence-electron chi connectivity index (χ1n) is 5.92. The molecular weight excluding hydrogens is 216 g/mol. The lowest BCUT2D eigenvalue weighted by Crippen LogP contribution is -2.68. The van der Waals surface area contributed by atoms with Gasteiger partial charge in [0.15, 0.2) is 0 Å². The summed E-state index contributed by atoms with van der Waals surface area (Å²) in [5.41, 5.74) is 6.23. The number of likely N-dealkylation sites (tertiary alicyclic amines) is 1. The van der Waals surface area contributed by atoms with Crippen LogP contribution < -0.4 is 5.73 Å². The van der Waals surface area contributed by atoms with E-state index in [0.29, 0.717) is 18.7 Å². The Kier molecular flexibility index (Phi) is 3.07. The van der Waals surface area contributed by atoms with Gasteiger partial charge in [-0.25, -0.2) is 0 Å². The quantitative estimate of drug-likeness (QED) is 0.829. The van der Waals surface area contributed by atoms with Crippen molar-refractivity contribution < 1.29 is 9.90 Å². The summed E-state index contributed by atoms with van der Waals surface area (Å²) in [7, 11) is 0. The Morgan fingerprint density at radius 3 is 2.71 bits per heavy atom. The number of nitrogens with zero attached hydrogens (tertiary/aromatic N) is 1. The Morgan fingerprint density at radius 1 is 1.47 bits per heavy atom. The van der Waals surface area contributed by atoms with Crippen LogP contribution in [0.25, 0.3) is 0 Å². The Hall–Kier alpha value is -1.55. The van der Waals surface area contributed by atoms with E-state index >= 15 is 0 Å². The van der Waals surface area contributed by atoms with Crippen molar-refractivity contribution in [1.29, 1.82) is 0 Å². The van der Waals surface area contributed by atoms with Gasteiger partial charge in [-0.05, 0) is 18.6 Å². The predicted molar refractivity (Wildman–Crippen MR) is 65.8 cm³/mol. The molecule has 1 heterocycles. The Bertz CT molecular complexity index is 425. The second kappa shape index (κ2) is 4.37. The summed E-state index contributed by atoms with van der Waals surface area (Å²) in [6, 6.07) is 6.60. The van der Waals surface area contributed by atoms with Crippen LogP contribution in [0.4, 0.5) is 0 Å². The second-order valence-electron chi connectivity index (χ2n) is 4.79. The van der Waals surface area contributed by atoms with Gasteiger partial charge in [0.05, 0.1) is 11.1 Å². The van der Waals surface area contributed by atoms with Crippen LogP contribution in [0, 0.1) is 0 Å². The molecule has 1 aromatic carbocycles. The van der Waals surface area contributed by atoms with Crippen LogP contribution in [0.15, 0.2) is 24.3 Å². The fourth-order valence-corrected chi connectivity index (χ4v) is 2.34. The zero-order valence-electron chi connectivity index (χ0n) is 10.0. The monoisotopic (exact) mass is 234 g/mol. The highest BCUT2D eigenvalue weighted by Gasteiger charge is 2.41. The number of hydrogen-bond donors (Lipinski definition) is 2. The van der Waals surface area contributed by atoms with Gasteiger partial charge < -0.3 is 15.7 Å². The lowest BCUT2D eigenvalue weighted by Gasteiger charge is -2.47. The van der Waals surface area contributed by atoms with Crippen molar-refractivity contribution in [3.05, 3.63) is 29.8 Å². The minimum atomic E-state index is -0.227. The van der Waals surface area contributed by atoms with Crippen molar-refractivity contribution in [2.75, 3.05) is 13.1 Å². The minimum absolute atomic E-state index is 0.0301. The molecule has 1 aliphatic heterocycles. The van der Waals surface area contributed by atoms with Crippen molar-refractivity contribution in [3.8, 4) is 5.75 Å². The molecule has 2 rings (SSSR count). The standard InChI is InChI=1S/C13H18N2O2/c1-2-7-13(14)8-15(9-13)12(17)10-5-3-4-6-11(10)16/h3-6,16H,2,7-9,14H2,1H3. The van der Waals surface area contributed by atoms with Crippen LogP contribution in [-0.2, 0) is 0 Å². The summed E-state index contributed by atoms with van der Waals surface area (Å²) < 4.78 is 0. The van der Waals surface area contributed by atoms with E-state index in [1.807, 2.05) is 0 Å². The van der Waals surface area contributed by atoms with Crippen molar-refractivity contribution in [1.82, 2.24) is 4.90 Å². The van der Waals surface area contributed by atoms with Crippen LogP contribution in [-0.4, -0.2) is 34.5 Å². The Labute approximate surface area is 101 Å². The average molecular weight is 234 g/mol. The van der Waals surface area contributed by atoms with Crippen LogP contribution >= 0.6 is 0 Å². The molecule has 1 aromatic rings. The predicted octanol–water partition coefficient (Wildman–Crippen LogP) is 1.35. The number of nitrogens with two attached hydrogens (primary N) is 1. The number of para-hydroxylation sites is 1. The minimum Gasteiger partial charge on any atom is -0.507 e. The number of benzene rings is 1. The van der Waals surface area contributed by atoms with E-state index in [4.69, 9.17) is 5.73 Å². The topological polar surface area (TPSA) is 66.6 Å². The fourth-order valence-electron chi connectivity index (χ4n) is 2.34. The lowest BCUT2D eigenvalue weighted by atomic mass is 9.86. The number of rotatable bonds is 3. The number of phenols is 1. The molecule has 0 aliphatic carbocycles. The van der Waals surface area contributed by atoms with Gasteiger partial charge in [0.2, 0.25) is 0 Å². The van der Waals surface area contributed by atoms with E-state index in [1.165, 1.54) is 6.07 Å². The fraction of sp³-hybridized carbons (Fsp3) is 0.462. The SMILES string of the molecule is CCCC1(N)CN(C(=O)c2ccccc2O)C1. The number of amides is 1. The zero-order valence-corrected chi connectivity index (χ0v) is 10.0. The molecule has 0 radical (unpaired) electrons. The van der Waals surface area contributed by atoms with E-state index in [9.17, 15) is 9.90 Å². The van der Waals surface area contributed by atoms with Crippen LogP contribution in [0.3, 0.4) is 0 Å². The van der Waals surface area contributed by atoms with E-state index in [0.717, 1.165) is 12.8 Å². The number of carbonyl (C=O) groups is 1. The largest absolute Gasteiger partial charge is 0.507 e. The third-order valence-electron chi connectivity index (χ3n) is 3.18. The summed E-state index contributed by atoms with van der Waals surface area (Å²) in [6.45, 7) is 3.24. The summed E-state index contributed by atoms with van der Waals surface area (Å²) >= 11 is 0. The first kappa shape index (κ1) is 11.9. The Balaban J connectivity index is 2.03. The van der Waals surface area contributed by atoms with Crippen molar-refractivity contribution >= 4 is 5.91 Å². The van der Waals surface area contributed by atoms with E-state index < -0.39 is 0 Å². The average Bonchev–Trinajstić information content (AvgIpc) is 2.26. The van der Waals surface area contributed by atoms with Gasteiger partial charge in [-0.1, -0.05) is 25.5 Å². The van der Waals surface area contributed by atoms with Gasteiger partial charge in [-0.3, -0.25) is 4.79 Å². The molecule has 0 spiro atoms. The lowest BCUT2D eigenvalue weighted by molar-refractivity contribution is 0.0384. The van der Waals surface area contributed by atoms with Gasteiger partial charge in [-0.15, -0.1) is 0 Å². The molecule has 1 fully saturated rings. The van der Waals surface area contributed by atoms with Crippen LogP contribution in [0.5, 0.6) is 5.75 Å². The second-order valence-corrected chi connectivity index (χ2v) is 4.79. The molecule has 17 heavy (non-hydrogen) atoms. The molecule has 92 valence electrons. The number of phenolic OH excluding ortho intramolecular Hbond substituents is 1. The third-order valence-corrected chi connectivity index (χ3v) is 3.18. The molecule has 1 saturated heterocycles. The summed E-state index contributed by atoms with van der Waals surface area (Å²) in [5.74, 6) is -0.109. The molecular formula is C13H18N2O2. The zero-order chi connectivity index (χ0) is 12.5. The molecule has 1 amide bonds. The number of hydrogen-bond acceptors (Lipinski definition) is 3. The molecule has 1 aliphatic rings. The highest BCUT2D eigenvalue weighted by molar-refractivity contribution is 5.97. The molecule has 4 nitrogen and oxygen atoms in total. The number of carbonyl (C=O) groups excluding carboxylic acids is 1. The maximum atomic E-state index is 12.1. The Morgan fingerprint density at radius 2 is 2.12 bits per heavy atom. The van der Waals surface area contributed by atoms with Crippen LogP contribution in [0.2, 0.25) is 0 Å². The molecule has 0 unspecified atom stereocenters. The highest BCUT2D eigenvalue weighted by Crippen LogP contribution is 2.27. The maximum absolute atomic E-state index is 12.1. The third kappa shape index (κ3) is 2.26. The van der Waals surface area contributed by atoms with Crippen LogP contribution in [0.1, 0.15) is 30.1 Å². The summed E-state index contributed by atoms with van der Waals surface area (Å²) in [4.78, 5) is 13.7.